The number of carbonyl (C=O) groups excluding carboxylic acids is 1. The molecule has 4 aliphatic carbocycles. The van der Waals surface area contributed by atoms with Gasteiger partial charge in [0, 0.05) is 5.92 Å². The van der Waals surface area contributed by atoms with Gasteiger partial charge in [-0.3, -0.25) is 4.79 Å². The van der Waals surface area contributed by atoms with Gasteiger partial charge in [-0.1, -0.05) is 0 Å². The molecular formula is C18H21FO2. The molecule has 0 amide bonds. The summed E-state index contributed by atoms with van der Waals surface area (Å²) in [5.41, 5.74) is 0.440. The van der Waals surface area contributed by atoms with E-state index in [0.29, 0.717) is 23.1 Å². The molecule has 1 aromatic rings. The van der Waals surface area contributed by atoms with Gasteiger partial charge in [-0.05, 0) is 74.0 Å². The summed E-state index contributed by atoms with van der Waals surface area (Å²) in [5.74, 6) is 3.06. The van der Waals surface area contributed by atoms with E-state index < -0.39 is 0 Å². The minimum absolute atomic E-state index is 0.0912. The van der Waals surface area contributed by atoms with Crippen molar-refractivity contribution in [1.29, 1.82) is 0 Å². The Balaban J connectivity index is 1.67. The predicted molar refractivity (Wildman–Crippen MR) is 77.8 cm³/mol. The molecule has 4 fully saturated rings. The first-order valence-corrected chi connectivity index (χ1v) is 8.03. The van der Waals surface area contributed by atoms with Crippen LogP contribution in [0.4, 0.5) is 4.39 Å². The lowest BCUT2D eigenvalue weighted by atomic mass is 9.51. The summed E-state index contributed by atoms with van der Waals surface area (Å²) in [6, 6.07) is 4.28. The third kappa shape index (κ3) is 2.09. The molecule has 0 N–H and O–H groups in total. The van der Waals surface area contributed by atoms with E-state index in [9.17, 15) is 9.18 Å². The summed E-state index contributed by atoms with van der Waals surface area (Å²) in [6.45, 7) is 0. The minimum atomic E-state index is -0.358. The molecule has 0 spiro atoms. The van der Waals surface area contributed by atoms with Gasteiger partial charge in [-0.15, -0.1) is 0 Å². The highest BCUT2D eigenvalue weighted by molar-refractivity contribution is 6.00. The lowest BCUT2D eigenvalue weighted by Gasteiger charge is -2.53. The molecule has 112 valence electrons. The van der Waals surface area contributed by atoms with Crippen LogP contribution in [0.15, 0.2) is 18.2 Å². The topological polar surface area (TPSA) is 26.3 Å². The highest BCUT2D eigenvalue weighted by Gasteiger charge is 2.51. The molecular weight excluding hydrogens is 267 g/mol. The molecule has 0 atom stereocenters. The van der Waals surface area contributed by atoms with E-state index in [1.54, 1.807) is 13.2 Å². The summed E-state index contributed by atoms with van der Waals surface area (Å²) in [5, 5.41) is 0. The Hall–Kier alpha value is -1.38. The molecule has 0 saturated heterocycles. The van der Waals surface area contributed by atoms with Gasteiger partial charge in [0.15, 0.2) is 5.78 Å². The van der Waals surface area contributed by atoms with Crippen LogP contribution in [0.2, 0.25) is 0 Å². The van der Waals surface area contributed by atoms with Gasteiger partial charge in [0.25, 0.3) is 0 Å². The number of hydrogen-bond donors (Lipinski definition) is 0. The first-order chi connectivity index (χ1) is 10.2. The van der Waals surface area contributed by atoms with Crippen molar-refractivity contribution in [2.45, 2.75) is 32.1 Å². The summed E-state index contributed by atoms with van der Waals surface area (Å²) in [4.78, 5) is 13.0. The standard InChI is InChI=1S/C18H21FO2/c1-21-16-3-2-14(19)9-15(16)18(20)17-12-5-10-4-11(7-12)8-13(17)6-10/h2-3,9-13,17H,4-8H2,1H3. The number of Topliss-reactive ketones (excluding diaryl/α,β-unsaturated/α-hetero) is 1. The first kappa shape index (κ1) is 13.3. The summed E-state index contributed by atoms with van der Waals surface area (Å²) >= 11 is 0. The zero-order valence-corrected chi connectivity index (χ0v) is 12.3. The average Bonchev–Trinajstić information content (AvgIpc) is 2.46. The van der Waals surface area contributed by atoms with Crippen molar-refractivity contribution in [1.82, 2.24) is 0 Å². The van der Waals surface area contributed by atoms with E-state index in [4.69, 9.17) is 4.74 Å². The summed E-state index contributed by atoms with van der Waals surface area (Å²) in [6.07, 6.45) is 6.15. The Bertz CT molecular complexity index is 553. The van der Waals surface area contributed by atoms with Crippen molar-refractivity contribution in [3.05, 3.63) is 29.6 Å². The predicted octanol–water partition coefficient (Wildman–Crippen LogP) is 4.09. The lowest BCUT2D eigenvalue weighted by Crippen LogP contribution is -2.48. The van der Waals surface area contributed by atoms with Crippen LogP contribution in [-0.4, -0.2) is 12.9 Å². The molecule has 0 radical (unpaired) electrons. The van der Waals surface area contributed by atoms with Gasteiger partial charge < -0.3 is 4.74 Å². The van der Waals surface area contributed by atoms with Crippen LogP contribution in [-0.2, 0) is 0 Å². The van der Waals surface area contributed by atoms with Crippen LogP contribution < -0.4 is 4.74 Å². The Kier molecular flexibility index (Phi) is 3.05. The highest BCUT2D eigenvalue weighted by atomic mass is 19.1. The van der Waals surface area contributed by atoms with E-state index in [1.807, 2.05) is 0 Å². The van der Waals surface area contributed by atoms with Crippen LogP contribution >= 0.6 is 0 Å². The minimum Gasteiger partial charge on any atom is -0.496 e. The van der Waals surface area contributed by atoms with Crippen LogP contribution in [0.3, 0.4) is 0 Å². The second kappa shape index (κ2) is 4.82. The molecule has 4 saturated carbocycles. The third-order valence-corrected chi connectivity index (χ3v) is 5.96. The summed E-state index contributed by atoms with van der Waals surface area (Å²) < 4.78 is 18.8. The number of ether oxygens (including phenoxy) is 1. The maximum Gasteiger partial charge on any atom is 0.170 e. The maximum absolute atomic E-state index is 13.6. The second-order valence-corrected chi connectivity index (χ2v) is 7.17. The fourth-order valence-electron chi connectivity index (χ4n) is 5.41. The van der Waals surface area contributed by atoms with Crippen molar-refractivity contribution >= 4 is 5.78 Å². The number of benzene rings is 1. The quantitative estimate of drug-likeness (QED) is 0.783. The van der Waals surface area contributed by atoms with Crippen molar-refractivity contribution in [3.8, 4) is 5.75 Å². The number of ketones is 1. The Morgan fingerprint density at radius 2 is 1.71 bits per heavy atom. The molecule has 3 heteroatoms. The molecule has 0 aliphatic heterocycles. The van der Waals surface area contributed by atoms with E-state index >= 15 is 0 Å². The monoisotopic (exact) mass is 288 g/mol. The summed E-state index contributed by atoms with van der Waals surface area (Å²) in [7, 11) is 1.54. The van der Waals surface area contributed by atoms with Gasteiger partial charge in [0.05, 0.1) is 12.7 Å². The average molecular weight is 288 g/mol. The smallest absolute Gasteiger partial charge is 0.170 e. The zero-order chi connectivity index (χ0) is 14.6. The van der Waals surface area contributed by atoms with E-state index in [0.717, 1.165) is 11.8 Å². The molecule has 21 heavy (non-hydrogen) atoms. The van der Waals surface area contributed by atoms with Gasteiger partial charge in [0.2, 0.25) is 0 Å². The number of methoxy groups -OCH3 is 1. The van der Waals surface area contributed by atoms with Crippen LogP contribution in [0.1, 0.15) is 42.5 Å². The zero-order valence-electron chi connectivity index (χ0n) is 12.3. The van der Waals surface area contributed by atoms with Gasteiger partial charge in [-0.2, -0.15) is 0 Å². The van der Waals surface area contributed by atoms with Crippen molar-refractivity contribution in [2.75, 3.05) is 7.11 Å². The Morgan fingerprint density at radius 1 is 1.10 bits per heavy atom. The molecule has 0 aromatic heterocycles. The normalized spacial score (nSPS) is 36.8. The SMILES string of the molecule is COc1ccc(F)cc1C(=O)C1C2CC3CC(C2)CC1C3. The van der Waals surface area contributed by atoms with Gasteiger partial charge in [-0.25, -0.2) is 4.39 Å². The number of hydrogen-bond acceptors (Lipinski definition) is 2. The fraction of sp³-hybridized carbons (Fsp3) is 0.611. The molecule has 4 bridgehead atoms. The Labute approximate surface area is 124 Å². The van der Waals surface area contributed by atoms with E-state index in [2.05, 4.69) is 0 Å². The van der Waals surface area contributed by atoms with Crippen molar-refractivity contribution < 1.29 is 13.9 Å². The second-order valence-electron chi connectivity index (χ2n) is 7.17. The van der Waals surface area contributed by atoms with Crippen LogP contribution in [0, 0.1) is 35.4 Å². The number of rotatable bonds is 3. The maximum atomic E-state index is 13.6. The highest BCUT2D eigenvalue weighted by Crippen LogP contribution is 2.57. The van der Waals surface area contributed by atoms with Gasteiger partial charge in [0.1, 0.15) is 11.6 Å². The van der Waals surface area contributed by atoms with Crippen molar-refractivity contribution in [2.24, 2.45) is 29.6 Å². The number of carbonyl (C=O) groups is 1. The molecule has 0 heterocycles. The first-order valence-electron chi connectivity index (χ1n) is 8.03. The molecule has 2 nitrogen and oxygen atoms in total. The Morgan fingerprint density at radius 3 is 2.29 bits per heavy atom. The number of halogens is 1. The van der Waals surface area contributed by atoms with E-state index in [-0.39, 0.29) is 17.5 Å². The molecule has 4 aliphatic rings. The lowest BCUT2D eigenvalue weighted by molar-refractivity contribution is -0.0252. The van der Waals surface area contributed by atoms with Crippen LogP contribution in [0.5, 0.6) is 5.75 Å². The van der Waals surface area contributed by atoms with E-state index in [1.165, 1.54) is 44.2 Å². The largest absolute Gasteiger partial charge is 0.496 e. The molecule has 0 unspecified atom stereocenters. The molecule has 1 aromatic carbocycles. The third-order valence-electron chi connectivity index (χ3n) is 5.96. The van der Waals surface area contributed by atoms with Gasteiger partial charge >= 0.3 is 0 Å². The van der Waals surface area contributed by atoms with Crippen LogP contribution in [0.25, 0.3) is 0 Å². The van der Waals surface area contributed by atoms with Crippen molar-refractivity contribution in [3.63, 3.8) is 0 Å². The molecule has 5 rings (SSSR count). The fourth-order valence-corrected chi connectivity index (χ4v) is 5.41.